The third-order valence-corrected chi connectivity index (χ3v) is 3.77. The van der Waals surface area contributed by atoms with Crippen LogP contribution in [0.3, 0.4) is 0 Å². The van der Waals surface area contributed by atoms with Crippen molar-refractivity contribution in [2.45, 2.75) is 45.6 Å². The maximum absolute atomic E-state index is 6.28. The minimum atomic E-state index is 0.793. The summed E-state index contributed by atoms with van der Waals surface area (Å²) in [6.45, 7) is 3.85. The van der Waals surface area contributed by atoms with Crippen LogP contribution in [0.1, 0.15) is 38.4 Å². The van der Waals surface area contributed by atoms with E-state index >= 15 is 0 Å². The van der Waals surface area contributed by atoms with Crippen LogP contribution < -0.4 is 5.73 Å². The largest absolute Gasteiger partial charge is 0.330 e. The number of para-hydroxylation sites is 1. The molecule has 0 atom stereocenters. The highest BCUT2D eigenvalue weighted by molar-refractivity contribution is 6.35. The van der Waals surface area contributed by atoms with Crippen molar-refractivity contribution >= 4 is 22.6 Å². The first kappa shape index (κ1) is 14.4. The Bertz CT molecular complexity index is 533. The molecule has 0 saturated heterocycles. The quantitative estimate of drug-likeness (QED) is 0.784. The molecule has 4 heteroatoms. The van der Waals surface area contributed by atoms with E-state index in [1.54, 1.807) is 0 Å². The Hall–Kier alpha value is -1.06. The summed E-state index contributed by atoms with van der Waals surface area (Å²) in [5.74, 6) is 1.15. The topological polar surface area (TPSA) is 43.8 Å². The summed E-state index contributed by atoms with van der Waals surface area (Å²) in [7, 11) is 0. The lowest BCUT2D eigenvalue weighted by Gasteiger charge is -2.06. The van der Waals surface area contributed by atoms with Crippen molar-refractivity contribution in [3.05, 3.63) is 29.0 Å². The van der Waals surface area contributed by atoms with Gasteiger partial charge in [0.15, 0.2) is 0 Å². The molecule has 3 nitrogen and oxygen atoms in total. The molecule has 0 spiro atoms. The van der Waals surface area contributed by atoms with E-state index in [2.05, 4.69) is 11.5 Å². The molecule has 0 amide bonds. The molecule has 0 unspecified atom stereocenters. The Morgan fingerprint density at radius 3 is 2.74 bits per heavy atom. The Balaban J connectivity index is 2.12. The molecule has 0 fully saturated rings. The van der Waals surface area contributed by atoms with E-state index in [9.17, 15) is 0 Å². The first-order valence-electron chi connectivity index (χ1n) is 7.11. The van der Waals surface area contributed by atoms with Crippen molar-refractivity contribution in [3.8, 4) is 0 Å². The standard InChI is InChI=1S/C15H22ClN3/c1-2-19-14(10-5-3-4-6-11-17)18-13-9-7-8-12(16)15(13)19/h7-9H,2-6,10-11,17H2,1H3. The second kappa shape index (κ2) is 6.92. The van der Waals surface area contributed by atoms with Gasteiger partial charge in [-0.2, -0.15) is 0 Å². The number of hydrogen-bond donors (Lipinski definition) is 1. The van der Waals surface area contributed by atoms with Crippen LogP contribution in [0.25, 0.3) is 11.0 Å². The van der Waals surface area contributed by atoms with E-state index in [1.165, 1.54) is 19.3 Å². The van der Waals surface area contributed by atoms with Crippen molar-refractivity contribution < 1.29 is 0 Å². The molecule has 19 heavy (non-hydrogen) atoms. The van der Waals surface area contributed by atoms with Gasteiger partial charge in [-0.25, -0.2) is 4.98 Å². The minimum Gasteiger partial charge on any atom is -0.330 e. The summed E-state index contributed by atoms with van der Waals surface area (Å²) >= 11 is 6.28. The van der Waals surface area contributed by atoms with Gasteiger partial charge in [0.1, 0.15) is 5.82 Å². The molecule has 2 N–H and O–H groups in total. The molecule has 0 radical (unpaired) electrons. The van der Waals surface area contributed by atoms with Gasteiger partial charge in [0.05, 0.1) is 16.1 Å². The van der Waals surface area contributed by atoms with Crippen LogP contribution in [0.15, 0.2) is 18.2 Å². The first-order valence-corrected chi connectivity index (χ1v) is 7.49. The highest BCUT2D eigenvalue weighted by Gasteiger charge is 2.11. The van der Waals surface area contributed by atoms with Crippen LogP contribution >= 0.6 is 11.6 Å². The zero-order valence-corrected chi connectivity index (χ0v) is 12.3. The maximum atomic E-state index is 6.28. The zero-order chi connectivity index (χ0) is 13.7. The number of imidazole rings is 1. The third kappa shape index (κ3) is 3.28. The van der Waals surface area contributed by atoms with Gasteiger partial charge < -0.3 is 10.3 Å². The number of aromatic nitrogens is 2. The summed E-state index contributed by atoms with van der Waals surface area (Å²) in [6.07, 6.45) is 5.74. The van der Waals surface area contributed by atoms with Crippen molar-refractivity contribution in [3.63, 3.8) is 0 Å². The third-order valence-electron chi connectivity index (χ3n) is 3.47. The molecular formula is C15H22ClN3. The van der Waals surface area contributed by atoms with Gasteiger partial charge >= 0.3 is 0 Å². The van der Waals surface area contributed by atoms with Crippen molar-refractivity contribution in [1.82, 2.24) is 9.55 Å². The molecule has 2 rings (SSSR count). The Morgan fingerprint density at radius 1 is 1.21 bits per heavy atom. The zero-order valence-electron chi connectivity index (χ0n) is 11.5. The molecular weight excluding hydrogens is 258 g/mol. The fraction of sp³-hybridized carbons (Fsp3) is 0.533. The van der Waals surface area contributed by atoms with Crippen LogP contribution in [0.4, 0.5) is 0 Å². The molecule has 104 valence electrons. The lowest BCUT2D eigenvalue weighted by Crippen LogP contribution is -2.02. The minimum absolute atomic E-state index is 0.793. The van der Waals surface area contributed by atoms with E-state index in [1.807, 2.05) is 18.2 Å². The van der Waals surface area contributed by atoms with E-state index < -0.39 is 0 Å². The predicted molar refractivity (Wildman–Crippen MR) is 81.6 cm³/mol. The summed E-state index contributed by atoms with van der Waals surface area (Å²) in [6, 6.07) is 5.93. The second-order valence-corrected chi connectivity index (χ2v) is 5.24. The van der Waals surface area contributed by atoms with E-state index in [-0.39, 0.29) is 0 Å². The van der Waals surface area contributed by atoms with Crippen LogP contribution in [-0.2, 0) is 13.0 Å². The maximum Gasteiger partial charge on any atom is 0.109 e. The number of halogens is 1. The summed E-state index contributed by atoms with van der Waals surface area (Å²) in [5.41, 5.74) is 7.58. The van der Waals surface area contributed by atoms with Crippen LogP contribution in [0, 0.1) is 0 Å². The number of nitrogens with zero attached hydrogens (tertiary/aromatic N) is 2. The Kier molecular flexibility index (Phi) is 5.23. The van der Waals surface area contributed by atoms with Gasteiger partial charge in [-0.1, -0.05) is 30.5 Å². The molecule has 1 aromatic carbocycles. The molecule has 0 aliphatic rings. The number of rotatable bonds is 7. The van der Waals surface area contributed by atoms with E-state index in [4.69, 9.17) is 22.3 Å². The van der Waals surface area contributed by atoms with Crippen LogP contribution in [-0.4, -0.2) is 16.1 Å². The highest BCUT2D eigenvalue weighted by atomic mass is 35.5. The number of nitrogens with two attached hydrogens (primary N) is 1. The monoisotopic (exact) mass is 279 g/mol. The molecule has 0 bridgehead atoms. The fourth-order valence-corrected chi connectivity index (χ4v) is 2.77. The van der Waals surface area contributed by atoms with Crippen LogP contribution in [0.2, 0.25) is 5.02 Å². The van der Waals surface area contributed by atoms with Gasteiger partial charge in [0, 0.05) is 13.0 Å². The summed E-state index contributed by atoms with van der Waals surface area (Å²) < 4.78 is 2.24. The molecule has 0 aliphatic heterocycles. The van der Waals surface area contributed by atoms with Gasteiger partial charge in [-0.15, -0.1) is 0 Å². The number of hydrogen-bond acceptors (Lipinski definition) is 2. The molecule has 0 aliphatic carbocycles. The average molecular weight is 280 g/mol. The summed E-state index contributed by atoms with van der Waals surface area (Å²) in [4.78, 5) is 4.72. The van der Waals surface area contributed by atoms with Crippen molar-refractivity contribution in [1.29, 1.82) is 0 Å². The number of unbranched alkanes of at least 4 members (excludes halogenated alkanes) is 3. The van der Waals surface area contributed by atoms with E-state index in [0.717, 1.165) is 47.8 Å². The van der Waals surface area contributed by atoms with Gasteiger partial charge in [-0.05, 0) is 38.4 Å². The SMILES string of the molecule is CCn1c(CCCCCCN)nc2cccc(Cl)c21. The molecule has 1 heterocycles. The number of benzene rings is 1. The lowest BCUT2D eigenvalue weighted by atomic mass is 10.1. The Morgan fingerprint density at radius 2 is 2.00 bits per heavy atom. The highest BCUT2D eigenvalue weighted by Crippen LogP contribution is 2.25. The van der Waals surface area contributed by atoms with Gasteiger partial charge in [0.2, 0.25) is 0 Å². The normalized spacial score (nSPS) is 11.3. The van der Waals surface area contributed by atoms with Crippen LogP contribution in [0.5, 0.6) is 0 Å². The van der Waals surface area contributed by atoms with Crippen molar-refractivity contribution in [2.24, 2.45) is 5.73 Å². The average Bonchev–Trinajstić information content (AvgIpc) is 2.77. The molecule has 1 aromatic heterocycles. The van der Waals surface area contributed by atoms with E-state index in [0.29, 0.717) is 0 Å². The predicted octanol–water partition coefficient (Wildman–Crippen LogP) is 3.77. The smallest absolute Gasteiger partial charge is 0.109 e. The van der Waals surface area contributed by atoms with Crippen molar-refractivity contribution in [2.75, 3.05) is 6.54 Å². The lowest BCUT2D eigenvalue weighted by molar-refractivity contribution is 0.616. The number of fused-ring (bicyclic) bond motifs is 1. The second-order valence-electron chi connectivity index (χ2n) is 4.83. The first-order chi connectivity index (χ1) is 9.27. The molecule has 2 aromatic rings. The van der Waals surface area contributed by atoms with Gasteiger partial charge in [-0.3, -0.25) is 0 Å². The fourth-order valence-electron chi connectivity index (χ4n) is 2.50. The summed E-state index contributed by atoms with van der Waals surface area (Å²) in [5, 5.41) is 0.793. The van der Waals surface area contributed by atoms with Gasteiger partial charge in [0.25, 0.3) is 0 Å². The molecule has 0 saturated carbocycles. The Labute approximate surface area is 119 Å². The number of aryl methyl sites for hydroxylation is 2.